The standard InChI is InChI=1S/C13H10N4O/c18-12-8-4-7-11(9-12)17-15-13(14-16-17)10-5-2-1-3-6-10/h1-9,18H. The van der Waals surface area contributed by atoms with Crippen LogP contribution in [0.5, 0.6) is 5.75 Å². The molecule has 0 unspecified atom stereocenters. The van der Waals surface area contributed by atoms with Crippen molar-refractivity contribution in [1.82, 2.24) is 20.2 Å². The van der Waals surface area contributed by atoms with E-state index in [1.54, 1.807) is 24.3 Å². The van der Waals surface area contributed by atoms with E-state index in [1.165, 1.54) is 4.80 Å². The Labute approximate surface area is 103 Å². The summed E-state index contributed by atoms with van der Waals surface area (Å²) in [5, 5.41) is 21.6. The molecule has 1 aromatic heterocycles. The van der Waals surface area contributed by atoms with Crippen LogP contribution in [0.25, 0.3) is 17.1 Å². The van der Waals surface area contributed by atoms with Gasteiger partial charge in [-0.1, -0.05) is 36.4 Å². The third kappa shape index (κ3) is 1.93. The molecule has 0 atom stereocenters. The van der Waals surface area contributed by atoms with Gasteiger partial charge in [0.05, 0.1) is 5.69 Å². The predicted molar refractivity (Wildman–Crippen MR) is 66.3 cm³/mol. The molecule has 88 valence electrons. The fourth-order valence-corrected chi connectivity index (χ4v) is 1.64. The average Bonchev–Trinajstić information content (AvgIpc) is 2.89. The van der Waals surface area contributed by atoms with Crippen LogP contribution in [0.3, 0.4) is 0 Å². The third-order valence-corrected chi connectivity index (χ3v) is 2.51. The minimum absolute atomic E-state index is 0.172. The first-order valence-electron chi connectivity index (χ1n) is 5.48. The fourth-order valence-electron chi connectivity index (χ4n) is 1.64. The summed E-state index contributed by atoms with van der Waals surface area (Å²) in [5.41, 5.74) is 1.58. The number of rotatable bonds is 2. The summed E-state index contributed by atoms with van der Waals surface area (Å²) in [6.07, 6.45) is 0. The van der Waals surface area contributed by atoms with E-state index in [0.29, 0.717) is 11.5 Å². The van der Waals surface area contributed by atoms with Crippen molar-refractivity contribution in [3.05, 3.63) is 54.6 Å². The van der Waals surface area contributed by atoms with Crippen molar-refractivity contribution in [2.75, 3.05) is 0 Å². The van der Waals surface area contributed by atoms with Crippen molar-refractivity contribution in [3.63, 3.8) is 0 Å². The molecule has 3 rings (SSSR count). The van der Waals surface area contributed by atoms with Gasteiger partial charge < -0.3 is 5.11 Å². The Morgan fingerprint density at radius 1 is 0.944 bits per heavy atom. The van der Waals surface area contributed by atoms with E-state index < -0.39 is 0 Å². The maximum Gasteiger partial charge on any atom is 0.205 e. The van der Waals surface area contributed by atoms with Gasteiger partial charge in [-0.05, 0) is 17.3 Å². The quantitative estimate of drug-likeness (QED) is 0.742. The highest BCUT2D eigenvalue weighted by atomic mass is 16.3. The van der Waals surface area contributed by atoms with Gasteiger partial charge in [0, 0.05) is 11.6 Å². The lowest BCUT2D eigenvalue weighted by molar-refractivity contribution is 0.474. The first kappa shape index (κ1) is 10.5. The maximum absolute atomic E-state index is 9.41. The minimum atomic E-state index is 0.172. The summed E-state index contributed by atoms with van der Waals surface area (Å²) in [6, 6.07) is 16.3. The zero-order valence-electron chi connectivity index (χ0n) is 9.43. The minimum Gasteiger partial charge on any atom is -0.508 e. The van der Waals surface area contributed by atoms with Crippen molar-refractivity contribution in [2.24, 2.45) is 0 Å². The van der Waals surface area contributed by atoms with Gasteiger partial charge in [-0.25, -0.2) is 0 Å². The molecule has 0 aliphatic heterocycles. The van der Waals surface area contributed by atoms with E-state index in [2.05, 4.69) is 15.4 Å². The first-order valence-corrected chi connectivity index (χ1v) is 5.48. The summed E-state index contributed by atoms with van der Waals surface area (Å²) in [5.74, 6) is 0.727. The SMILES string of the molecule is Oc1cccc(-n2nnc(-c3ccccc3)n2)c1. The van der Waals surface area contributed by atoms with Crippen LogP contribution in [-0.2, 0) is 0 Å². The van der Waals surface area contributed by atoms with E-state index in [9.17, 15) is 5.11 Å². The largest absolute Gasteiger partial charge is 0.508 e. The predicted octanol–water partition coefficient (Wildman–Crippen LogP) is 2.03. The van der Waals surface area contributed by atoms with Gasteiger partial charge in [-0.3, -0.25) is 0 Å². The molecule has 1 heterocycles. The van der Waals surface area contributed by atoms with Crippen LogP contribution in [0.1, 0.15) is 0 Å². The van der Waals surface area contributed by atoms with E-state index in [-0.39, 0.29) is 5.75 Å². The molecular formula is C13H10N4O. The van der Waals surface area contributed by atoms with Crippen molar-refractivity contribution >= 4 is 0 Å². The fraction of sp³-hybridized carbons (Fsp3) is 0. The van der Waals surface area contributed by atoms with Gasteiger partial charge in [0.15, 0.2) is 0 Å². The zero-order chi connectivity index (χ0) is 12.4. The second-order valence-electron chi connectivity index (χ2n) is 3.79. The van der Waals surface area contributed by atoms with Gasteiger partial charge >= 0.3 is 0 Å². The Kier molecular flexibility index (Phi) is 2.49. The number of hydrogen-bond donors (Lipinski definition) is 1. The summed E-state index contributed by atoms with van der Waals surface area (Å²) >= 11 is 0. The molecule has 0 radical (unpaired) electrons. The van der Waals surface area contributed by atoms with Crippen LogP contribution in [0.15, 0.2) is 54.6 Å². The van der Waals surface area contributed by atoms with E-state index in [4.69, 9.17) is 0 Å². The first-order chi connectivity index (χ1) is 8.83. The number of nitrogens with zero attached hydrogens (tertiary/aromatic N) is 4. The number of tetrazole rings is 1. The van der Waals surface area contributed by atoms with Gasteiger partial charge in [0.2, 0.25) is 5.82 Å². The molecule has 0 spiro atoms. The van der Waals surface area contributed by atoms with Crippen LogP contribution < -0.4 is 0 Å². The summed E-state index contributed by atoms with van der Waals surface area (Å²) in [6.45, 7) is 0. The zero-order valence-corrected chi connectivity index (χ0v) is 9.43. The molecule has 3 aromatic rings. The highest BCUT2D eigenvalue weighted by Gasteiger charge is 2.06. The molecule has 0 aliphatic rings. The highest BCUT2D eigenvalue weighted by molar-refractivity contribution is 5.53. The lowest BCUT2D eigenvalue weighted by atomic mass is 10.2. The van der Waals surface area contributed by atoms with Gasteiger partial charge in [-0.15, -0.1) is 15.0 Å². The normalized spacial score (nSPS) is 10.4. The lowest BCUT2D eigenvalue weighted by Gasteiger charge is -1.98. The van der Waals surface area contributed by atoms with E-state index in [1.807, 2.05) is 30.3 Å². The van der Waals surface area contributed by atoms with Crippen molar-refractivity contribution in [3.8, 4) is 22.8 Å². The van der Waals surface area contributed by atoms with Gasteiger partial charge in [-0.2, -0.15) is 0 Å². The topological polar surface area (TPSA) is 63.8 Å². The second-order valence-corrected chi connectivity index (χ2v) is 3.79. The molecule has 0 fully saturated rings. The number of phenolic OH excluding ortho intramolecular Hbond substituents is 1. The number of hydrogen-bond acceptors (Lipinski definition) is 4. The van der Waals surface area contributed by atoms with Crippen LogP contribution in [-0.4, -0.2) is 25.3 Å². The molecule has 18 heavy (non-hydrogen) atoms. The third-order valence-electron chi connectivity index (χ3n) is 2.51. The Morgan fingerprint density at radius 2 is 1.78 bits per heavy atom. The molecule has 1 N–H and O–H groups in total. The Morgan fingerprint density at radius 3 is 2.56 bits per heavy atom. The molecule has 0 saturated carbocycles. The number of aromatic hydroxyl groups is 1. The van der Waals surface area contributed by atoms with Crippen molar-refractivity contribution in [1.29, 1.82) is 0 Å². The van der Waals surface area contributed by atoms with Crippen molar-refractivity contribution in [2.45, 2.75) is 0 Å². The Balaban J connectivity index is 2.00. The Bertz CT molecular complexity index is 664. The van der Waals surface area contributed by atoms with E-state index >= 15 is 0 Å². The average molecular weight is 238 g/mol. The molecule has 2 aromatic carbocycles. The van der Waals surface area contributed by atoms with Crippen LogP contribution in [0, 0.1) is 0 Å². The lowest BCUT2D eigenvalue weighted by Crippen LogP contribution is -1.98. The number of aromatic nitrogens is 4. The second kappa shape index (κ2) is 4.29. The smallest absolute Gasteiger partial charge is 0.205 e. The molecule has 5 nitrogen and oxygen atoms in total. The monoisotopic (exact) mass is 238 g/mol. The van der Waals surface area contributed by atoms with Crippen LogP contribution >= 0.6 is 0 Å². The maximum atomic E-state index is 9.41. The summed E-state index contributed by atoms with van der Waals surface area (Å²) in [4.78, 5) is 1.39. The van der Waals surface area contributed by atoms with Gasteiger partial charge in [0.1, 0.15) is 5.75 Å². The van der Waals surface area contributed by atoms with Crippen LogP contribution in [0.4, 0.5) is 0 Å². The van der Waals surface area contributed by atoms with Crippen molar-refractivity contribution < 1.29 is 5.11 Å². The summed E-state index contributed by atoms with van der Waals surface area (Å²) in [7, 11) is 0. The highest BCUT2D eigenvalue weighted by Crippen LogP contribution is 2.16. The molecule has 0 saturated heterocycles. The number of benzene rings is 2. The number of phenols is 1. The molecule has 0 aliphatic carbocycles. The molecule has 0 amide bonds. The molecular weight excluding hydrogens is 228 g/mol. The summed E-state index contributed by atoms with van der Waals surface area (Å²) < 4.78 is 0. The van der Waals surface area contributed by atoms with E-state index in [0.717, 1.165) is 5.56 Å². The Hall–Kier alpha value is -2.69. The molecule has 0 bridgehead atoms. The molecule has 5 heteroatoms. The van der Waals surface area contributed by atoms with Gasteiger partial charge in [0.25, 0.3) is 0 Å². The van der Waals surface area contributed by atoms with Crippen LogP contribution in [0.2, 0.25) is 0 Å².